The van der Waals surface area contributed by atoms with Crippen LogP contribution in [0, 0.1) is 6.92 Å². The second-order valence-corrected chi connectivity index (χ2v) is 3.21. The van der Waals surface area contributed by atoms with E-state index in [-0.39, 0.29) is 0 Å². The Morgan fingerprint density at radius 1 is 1.27 bits per heavy atom. The van der Waals surface area contributed by atoms with Crippen LogP contribution in [0.5, 0.6) is 5.75 Å². The Hall–Kier alpha value is -1.77. The Bertz CT molecular complexity index is 431. The SMILES string of the molecule is CCOc1ccc(-c2ncoc2C)cc1. The lowest BCUT2D eigenvalue weighted by Gasteiger charge is -2.03. The van der Waals surface area contributed by atoms with Crippen molar-refractivity contribution in [2.24, 2.45) is 0 Å². The summed E-state index contributed by atoms with van der Waals surface area (Å²) < 4.78 is 10.5. The lowest BCUT2D eigenvalue weighted by molar-refractivity contribution is 0.340. The van der Waals surface area contributed by atoms with Crippen LogP contribution < -0.4 is 4.74 Å². The van der Waals surface area contributed by atoms with Gasteiger partial charge in [-0.1, -0.05) is 0 Å². The van der Waals surface area contributed by atoms with Gasteiger partial charge in [0.15, 0.2) is 6.39 Å². The van der Waals surface area contributed by atoms with Gasteiger partial charge in [-0.25, -0.2) is 4.98 Å². The maximum Gasteiger partial charge on any atom is 0.181 e. The Kier molecular flexibility index (Phi) is 2.72. The van der Waals surface area contributed by atoms with Crippen molar-refractivity contribution < 1.29 is 9.15 Å². The molecule has 1 heterocycles. The van der Waals surface area contributed by atoms with Crippen LogP contribution in [0.2, 0.25) is 0 Å². The number of ether oxygens (including phenoxy) is 1. The molecule has 0 aliphatic carbocycles. The molecule has 0 fully saturated rings. The number of hydrogen-bond acceptors (Lipinski definition) is 3. The van der Waals surface area contributed by atoms with E-state index in [0.29, 0.717) is 6.61 Å². The molecule has 2 aromatic rings. The topological polar surface area (TPSA) is 35.3 Å². The van der Waals surface area contributed by atoms with Crippen molar-refractivity contribution in [3.8, 4) is 17.0 Å². The summed E-state index contributed by atoms with van der Waals surface area (Å²) in [5.41, 5.74) is 1.93. The smallest absolute Gasteiger partial charge is 0.181 e. The fourth-order valence-electron chi connectivity index (χ4n) is 1.46. The number of oxazole rings is 1. The van der Waals surface area contributed by atoms with Gasteiger partial charge in [-0.05, 0) is 38.1 Å². The van der Waals surface area contributed by atoms with E-state index >= 15 is 0 Å². The lowest BCUT2D eigenvalue weighted by atomic mass is 10.1. The number of rotatable bonds is 3. The predicted octanol–water partition coefficient (Wildman–Crippen LogP) is 3.05. The second kappa shape index (κ2) is 4.17. The van der Waals surface area contributed by atoms with E-state index in [1.165, 1.54) is 6.39 Å². The molecule has 0 radical (unpaired) electrons. The third kappa shape index (κ3) is 2.01. The third-order valence-electron chi connectivity index (χ3n) is 2.18. The zero-order chi connectivity index (χ0) is 10.7. The van der Waals surface area contributed by atoms with Gasteiger partial charge in [-0.15, -0.1) is 0 Å². The molecule has 1 aromatic carbocycles. The van der Waals surface area contributed by atoms with Crippen molar-refractivity contribution in [1.82, 2.24) is 4.98 Å². The highest BCUT2D eigenvalue weighted by atomic mass is 16.5. The van der Waals surface area contributed by atoms with E-state index in [1.807, 2.05) is 38.1 Å². The van der Waals surface area contributed by atoms with Crippen molar-refractivity contribution in [2.45, 2.75) is 13.8 Å². The molecule has 3 heteroatoms. The predicted molar refractivity (Wildman–Crippen MR) is 57.8 cm³/mol. The second-order valence-electron chi connectivity index (χ2n) is 3.21. The first-order chi connectivity index (χ1) is 7.31. The number of nitrogens with zero attached hydrogens (tertiary/aromatic N) is 1. The molecule has 0 unspecified atom stereocenters. The van der Waals surface area contributed by atoms with E-state index in [1.54, 1.807) is 0 Å². The number of benzene rings is 1. The van der Waals surface area contributed by atoms with Crippen molar-refractivity contribution in [2.75, 3.05) is 6.61 Å². The summed E-state index contributed by atoms with van der Waals surface area (Å²) in [5.74, 6) is 1.71. The minimum absolute atomic E-state index is 0.683. The first-order valence-electron chi connectivity index (χ1n) is 4.94. The first-order valence-corrected chi connectivity index (χ1v) is 4.94. The maximum absolute atomic E-state index is 5.36. The fraction of sp³-hybridized carbons (Fsp3) is 0.250. The Balaban J connectivity index is 2.28. The molecule has 0 atom stereocenters. The molecule has 0 aliphatic rings. The molecule has 0 bridgehead atoms. The average molecular weight is 203 g/mol. The van der Waals surface area contributed by atoms with Crippen molar-refractivity contribution in [3.63, 3.8) is 0 Å². The molecule has 0 amide bonds. The summed E-state index contributed by atoms with van der Waals surface area (Å²) in [4.78, 5) is 4.15. The molecular weight excluding hydrogens is 190 g/mol. The average Bonchev–Trinajstić information content (AvgIpc) is 2.66. The summed E-state index contributed by atoms with van der Waals surface area (Å²) in [7, 11) is 0. The van der Waals surface area contributed by atoms with Crippen LogP contribution in [0.15, 0.2) is 35.1 Å². The van der Waals surface area contributed by atoms with Crippen molar-refractivity contribution >= 4 is 0 Å². The quantitative estimate of drug-likeness (QED) is 0.769. The molecule has 2 rings (SSSR count). The monoisotopic (exact) mass is 203 g/mol. The minimum Gasteiger partial charge on any atom is -0.494 e. The number of aryl methyl sites for hydroxylation is 1. The molecular formula is C12H13NO2. The van der Waals surface area contributed by atoms with Crippen molar-refractivity contribution in [1.29, 1.82) is 0 Å². The van der Waals surface area contributed by atoms with Gasteiger partial charge in [0, 0.05) is 5.56 Å². The lowest BCUT2D eigenvalue weighted by Crippen LogP contribution is -1.90. The maximum atomic E-state index is 5.36. The van der Waals surface area contributed by atoms with E-state index in [2.05, 4.69) is 4.98 Å². The molecule has 1 aromatic heterocycles. The highest BCUT2D eigenvalue weighted by molar-refractivity contribution is 5.61. The molecule has 0 aliphatic heterocycles. The fourth-order valence-corrected chi connectivity index (χ4v) is 1.46. The zero-order valence-corrected chi connectivity index (χ0v) is 8.86. The molecule has 0 saturated carbocycles. The van der Waals surface area contributed by atoms with Crippen LogP contribution in [0.3, 0.4) is 0 Å². The van der Waals surface area contributed by atoms with Crippen LogP contribution in [-0.2, 0) is 0 Å². The van der Waals surface area contributed by atoms with Crippen molar-refractivity contribution in [3.05, 3.63) is 36.4 Å². The first kappa shape index (κ1) is 9.77. The Labute approximate surface area is 88.7 Å². The van der Waals surface area contributed by atoms with Gasteiger partial charge < -0.3 is 9.15 Å². The van der Waals surface area contributed by atoms with Crippen LogP contribution in [0.1, 0.15) is 12.7 Å². The summed E-state index contributed by atoms with van der Waals surface area (Å²) >= 11 is 0. The van der Waals surface area contributed by atoms with Crippen LogP contribution in [0.4, 0.5) is 0 Å². The van der Waals surface area contributed by atoms with Gasteiger partial charge in [0.1, 0.15) is 17.2 Å². The van der Waals surface area contributed by atoms with E-state index in [0.717, 1.165) is 22.8 Å². The van der Waals surface area contributed by atoms with Gasteiger partial charge in [0.2, 0.25) is 0 Å². The summed E-state index contributed by atoms with van der Waals surface area (Å²) in [6, 6.07) is 7.84. The standard InChI is InChI=1S/C12H13NO2/c1-3-14-11-6-4-10(5-7-11)12-9(2)15-8-13-12/h4-8H,3H2,1-2H3. The van der Waals surface area contributed by atoms with Gasteiger partial charge in [0.25, 0.3) is 0 Å². The van der Waals surface area contributed by atoms with Gasteiger partial charge >= 0.3 is 0 Å². The summed E-state index contributed by atoms with van der Waals surface area (Å²) in [6.07, 6.45) is 1.46. The molecule has 15 heavy (non-hydrogen) atoms. The molecule has 0 N–H and O–H groups in total. The zero-order valence-electron chi connectivity index (χ0n) is 8.86. The van der Waals surface area contributed by atoms with Gasteiger partial charge in [-0.2, -0.15) is 0 Å². The van der Waals surface area contributed by atoms with Crippen LogP contribution >= 0.6 is 0 Å². The Morgan fingerprint density at radius 2 is 2.00 bits per heavy atom. The molecule has 0 saturated heterocycles. The largest absolute Gasteiger partial charge is 0.494 e. The third-order valence-corrected chi connectivity index (χ3v) is 2.18. The Morgan fingerprint density at radius 3 is 2.53 bits per heavy atom. The summed E-state index contributed by atoms with van der Waals surface area (Å²) in [6.45, 7) is 4.55. The van der Waals surface area contributed by atoms with E-state index in [9.17, 15) is 0 Å². The molecule has 3 nitrogen and oxygen atoms in total. The number of aromatic nitrogens is 1. The van der Waals surface area contributed by atoms with Gasteiger partial charge in [-0.3, -0.25) is 0 Å². The van der Waals surface area contributed by atoms with Crippen LogP contribution in [-0.4, -0.2) is 11.6 Å². The van der Waals surface area contributed by atoms with E-state index in [4.69, 9.17) is 9.15 Å². The van der Waals surface area contributed by atoms with Gasteiger partial charge in [0.05, 0.1) is 6.61 Å². The normalized spacial score (nSPS) is 10.3. The highest BCUT2D eigenvalue weighted by Gasteiger charge is 2.05. The number of hydrogen-bond donors (Lipinski definition) is 0. The minimum atomic E-state index is 0.683. The van der Waals surface area contributed by atoms with E-state index < -0.39 is 0 Å². The highest BCUT2D eigenvalue weighted by Crippen LogP contribution is 2.23. The molecule has 78 valence electrons. The van der Waals surface area contributed by atoms with Crippen LogP contribution in [0.25, 0.3) is 11.3 Å². The summed E-state index contributed by atoms with van der Waals surface area (Å²) in [5, 5.41) is 0. The molecule has 0 spiro atoms.